The van der Waals surface area contributed by atoms with Gasteiger partial charge in [0.05, 0.1) is 4.91 Å². The maximum absolute atomic E-state index is 13.5. The van der Waals surface area contributed by atoms with Gasteiger partial charge < -0.3 is 16.4 Å². The first-order valence-corrected chi connectivity index (χ1v) is 10.2. The van der Waals surface area contributed by atoms with Crippen molar-refractivity contribution in [2.75, 3.05) is 0 Å². The Labute approximate surface area is 183 Å². The zero-order chi connectivity index (χ0) is 21.8. The lowest BCUT2D eigenvalue weighted by Gasteiger charge is -2.25. The Bertz CT molecular complexity index is 1010. The number of aromatic nitrogens is 1. The van der Waals surface area contributed by atoms with Gasteiger partial charge in [0.1, 0.15) is 16.0 Å². The van der Waals surface area contributed by atoms with Gasteiger partial charge >= 0.3 is 0 Å². The Kier molecular flexibility index (Phi) is 6.70. The summed E-state index contributed by atoms with van der Waals surface area (Å²) in [6.45, 7) is 7.75. The number of rotatable bonds is 8. The molecule has 0 spiro atoms. The van der Waals surface area contributed by atoms with Crippen molar-refractivity contribution in [1.82, 2.24) is 20.6 Å². The molecule has 1 aromatic rings. The van der Waals surface area contributed by atoms with Crippen LogP contribution in [0.3, 0.4) is 0 Å². The van der Waals surface area contributed by atoms with E-state index in [1.54, 1.807) is 18.2 Å². The van der Waals surface area contributed by atoms with Gasteiger partial charge in [0.25, 0.3) is 5.91 Å². The van der Waals surface area contributed by atoms with Crippen LogP contribution < -0.4 is 22.2 Å². The van der Waals surface area contributed by atoms with Crippen molar-refractivity contribution in [1.29, 1.82) is 0 Å². The minimum atomic E-state index is -0.603. The third-order valence-electron chi connectivity index (χ3n) is 4.30. The van der Waals surface area contributed by atoms with Crippen LogP contribution in [0.4, 0.5) is 4.39 Å². The van der Waals surface area contributed by atoms with E-state index in [1.807, 2.05) is 0 Å². The number of hydrazine groups is 1. The van der Waals surface area contributed by atoms with E-state index in [-0.39, 0.29) is 17.8 Å². The first-order valence-electron chi connectivity index (χ1n) is 8.99. The number of carbonyl (C=O) groups is 1. The van der Waals surface area contributed by atoms with Crippen molar-refractivity contribution in [2.24, 2.45) is 11.6 Å². The molecule has 2 fully saturated rings. The minimum absolute atomic E-state index is 0.164. The molecule has 1 saturated heterocycles. The molecule has 1 saturated carbocycles. The second kappa shape index (κ2) is 9.24. The molecule has 2 aliphatic rings. The smallest absolute Gasteiger partial charge is 0.263 e. The van der Waals surface area contributed by atoms with Crippen LogP contribution in [0.1, 0.15) is 18.4 Å². The zero-order valence-corrected chi connectivity index (χ0v) is 17.7. The highest BCUT2D eigenvalue weighted by molar-refractivity contribution is 8.26. The molecule has 10 heteroatoms. The molecule has 1 amide bonds. The number of halogens is 1. The Morgan fingerprint density at radius 2 is 2.23 bits per heavy atom. The Morgan fingerprint density at radius 3 is 2.80 bits per heavy atom. The van der Waals surface area contributed by atoms with Crippen LogP contribution in [-0.2, 0) is 4.79 Å². The van der Waals surface area contributed by atoms with Crippen LogP contribution in [0.2, 0.25) is 0 Å². The highest BCUT2D eigenvalue weighted by Gasteiger charge is 2.25. The molecule has 0 bridgehead atoms. The zero-order valence-electron chi connectivity index (χ0n) is 16.0. The largest absolute Gasteiger partial charge is 0.383 e. The summed E-state index contributed by atoms with van der Waals surface area (Å²) in [6.07, 6.45) is 8.11. The topological polar surface area (TPSA) is 109 Å². The van der Waals surface area contributed by atoms with Gasteiger partial charge in [-0.1, -0.05) is 43.2 Å². The van der Waals surface area contributed by atoms with Gasteiger partial charge in [-0.05, 0) is 42.2 Å². The molecule has 0 aromatic carbocycles. The maximum atomic E-state index is 13.5. The number of nitrogens with zero attached hydrogens (tertiary/aromatic N) is 2. The maximum Gasteiger partial charge on any atom is 0.263 e. The fourth-order valence-corrected chi connectivity index (χ4v) is 3.57. The van der Waals surface area contributed by atoms with Crippen molar-refractivity contribution in [3.8, 4) is 0 Å². The minimum Gasteiger partial charge on any atom is -0.383 e. The number of nitrogens with two attached hydrogens (primary N) is 2. The van der Waals surface area contributed by atoms with Crippen LogP contribution in [-0.4, -0.2) is 26.3 Å². The standard InChI is InChI=1S/C20H21FN6OS2/c1-3-12(9-15-19(28)26-20(29)30-15)18(22)27(23)17(25-14-4-5-14)8-11(2)13-6-7-24-16(21)10-13/h3,6-10,14,25H,1-2,4-5,22-23H2,(H,26,28,29)/b15-9-,17-8-,18-12+. The summed E-state index contributed by atoms with van der Waals surface area (Å²) >= 11 is 6.13. The quantitative estimate of drug-likeness (QED) is 0.121. The molecule has 1 aromatic heterocycles. The summed E-state index contributed by atoms with van der Waals surface area (Å²) in [5.74, 6) is 6.02. The number of hydrogen-bond donors (Lipinski definition) is 4. The molecule has 0 unspecified atom stereocenters. The van der Waals surface area contributed by atoms with Gasteiger partial charge in [0, 0.05) is 23.9 Å². The summed E-state index contributed by atoms with van der Waals surface area (Å²) in [4.78, 5) is 15.9. The SMILES string of the molecule is C=CC(/C=C1\SC(=S)NC1=O)=C(/N)N(N)/C(=C\C(=C)c1ccnc(F)c1)NC1CC1. The first-order chi connectivity index (χ1) is 14.3. The molecule has 156 valence electrons. The van der Waals surface area contributed by atoms with Gasteiger partial charge in [0.15, 0.2) is 0 Å². The molecule has 30 heavy (non-hydrogen) atoms. The Morgan fingerprint density at radius 1 is 1.50 bits per heavy atom. The average molecular weight is 445 g/mol. The van der Waals surface area contributed by atoms with E-state index in [9.17, 15) is 9.18 Å². The van der Waals surface area contributed by atoms with E-state index in [4.69, 9.17) is 23.8 Å². The first kappa shape index (κ1) is 21.8. The Hall–Kier alpha value is -2.95. The number of pyridine rings is 1. The third-order valence-corrected chi connectivity index (χ3v) is 5.46. The van der Waals surface area contributed by atoms with Crippen molar-refractivity contribution in [3.05, 3.63) is 83.3 Å². The summed E-state index contributed by atoms with van der Waals surface area (Å²) in [6, 6.07) is 3.19. The van der Waals surface area contributed by atoms with Crippen LogP contribution in [0, 0.1) is 5.95 Å². The number of amides is 1. The number of allylic oxidation sites excluding steroid dienone is 5. The highest BCUT2D eigenvalue weighted by atomic mass is 32.2. The molecule has 1 aliphatic carbocycles. The molecule has 7 nitrogen and oxygen atoms in total. The van der Waals surface area contributed by atoms with Crippen LogP contribution in [0.15, 0.2) is 71.8 Å². The van der Waals surface area contributed by atoms with E-state index in [1.165, 1.54) is 23.3 Å². The van der Waals surface area contributed by atoms with Crippen LogP contribution in [0.25, 0.3) is 5.57 Å². The molecule has 1 aliphatic heterocycles. The molecular formula is C20H21FN6OS2. The lowest BCUT2D eigenvalue weighted by Crippen LogP contribution is -2.40. The number of carbonyl (C=O) groups excluding carboxylic acids is 1. The lowest BCUT2D eigenvalue weighted by atomic mass is 10.1. The van der Waals surface area contributed by atoms with Gasteiger partial charge in [-0.25, -0.2) is 15.8 Å². The molecule has 2 heterocycles. The fraction of sp³-hybridized carbons (Fsp3) is 0.150. The number of hydrogen-bond acceptors (Lipinski definition) is 8. The van der Waals surface area contributed by atoms with Gasteiger partial charge in [0.2, 0.25) is 5.95 Å². The number of nitrogens with one attached hydrogen (secondary N) is 2. The van der Waals surface area contributed by atoms with Crippen molar-refractivity contribution in [2.45, 2.75) is 18.9 Å². The molecule has 6 N–H and O–H groups in total. The molecule has 3 rings (SSSR count). The van der Waals surface area contributed by atoms with Crippen molar-refractivity contribution < 1.29 is 9.18 Å². The van der Waals surface area contributed by atoms with Crippen LogP contribution >= 0.6 is 24.0 Å². The van der Waals surface area contributed by atoms with Gasteiger partial charge in [-0.3, -0.25) is 4.79 Å². The highest BCUT2D eigenvalue weighted by Crippen LogP contribution is 2.27. The summed E-state index contributed by atoms with van der Waals surface area (Å²) < 4.78 is 13.8. The van der Waals surface area contributed by atoms with E-state index < -0.39 is 5.95 Å². The number of thiocarbonyl (C=S) groups is 1. The molecular weight excluding hydrogens is 423 g/mol. The molecule has 0 radical (unpaired) electrons. The number of thioether (sulfide) groups is 1. The van der Waals surface area contributed by atoms with E-state index >= 15 is 0 Å². The van der Waals surface area contributed by atoms with Crippen molar-refractivity contribution in [3.63, 3.8) is 0 Å². The normalized spacial score (nSPS) is 18.7. The predicted molar refractivity (Wildman–Crippen MR) is 121 cm³/mol. The summed E-state index contributed by atoms with van der Waals surface area (Å²) in [5.41, 5.74) is 7.81. The second-order valence-electron chi connectivity index (χ2n) is 6.61. The average Bonchev–Trinajstić information content (AvgIpc) is 3.47. The predicted octanol–water partition coefficient (Wildman–Crippen LogP) is 2.39. The fourth-order valence-electron chi connectivity index (χ4n) is 2.54. The van der Waals surface area contributed by atoms with Gasteiger partial charge in [-0.15, -0.1) is 0 Å². The third kappa shape index (κ3) is 5.35. The second-order valence-corrected chi connectivity index (χ2v) is 8.33. The Balaban J connectivity index is 1.92. The summed E-state index contributed by atoms with van der Waals surface area (Å²) in [7, 11) is 0. The van der Waals surface area contributed by atoms with E-state index in [2.05, 4.69) is 28.8 Å². The van der Waals surface area contributed by atoms with E-state index in [0.717, 1.165) is 24.6 Å². The molecule has 0 atom stereocenters. The van der Waals surface area contributed by atoms with Crippen LogP contribution in [0.5, 0.6) is 0 Å². The van der Waals surface area contributed by atoms with Gasteiger partial charge in [-0.2, -0.15) is 4.39 Å². The monoisotopic (exact) mass is 444 g/mol. The van der Waals surface area contributed by atoms with E-state index in [0.29, 0.717) is 31.8 Å². The summed E-state index contributed by atoms with van der Waals surface area (Å²) in [5, 5.41) is 7.09. The van der Waals surface area contributed by atoms with Crippen molar-refractivity contribution >= 4 is 39.8 Å². The lowest BCUT2D eigenvalue weighted by molar-refractivity contribution is -0.115.